The van der Waals surface area contributed by atoms with Gasteiger partial charge in [-0.3, -0.25) is 4.79 Å². The summed E-state index contributed by atoms with van der Waals surface area (Å²) in [6, 6.07) is 6.30. The van der Waals surface area contributed by atoms with Gasteiger partial charge in [0.15, 0.2) is 0 Å². The van der Waals surface area contributed by atoms with E-state index >= 15 is 0 Å². The van der Waals surface area contributed by atoms with E-state index in [4.69, 9.17) is 0 Å². The molecule has 1 amide bonds. The van der Waals surface area contributed by atoms with Crippen LogP contribution in [0.25, 0.3) is 0 Å². The molecule has 2 unspecified atom stereocenters. The number of likely N-dealkylation sites (N-methyl/N-ethyl adjacent to an activating group) is 1. The van der Waals surface area contributed by atoms with Crippen molar-refractivity contribution in [3.8, 4) is 0 Å². The van der Waals surface area contributed by atoms with Gasteiger partial charge in [0, 0.05) is 7.05 Å². The molecular formula is C16H23FN2O. The molecule has 1 N–H and O–H groups in total. The van der Waals surface area contributed by atoms with Crippen molar-refractivity contribution in [2.75, 3.05) is 13.6 Å². The molecule has 1 aliphatic heterocycles. The van der Waals surface area contributed by atoms with Crippen molar-refractivity contribution in [1.29, 1.82) is 0 Å². The molecule has 2 rings (SSSR count). The van der Waals surface area contributed by atoms with Crippen molar-refractivity contribution in [1.82, 2.24) is 10.2 Å². The molecule has 2 atom stereocenters. The third kappa shape index (κ3) is 2.70. The van der Waals surface area contributed by atoms with Crippen molar-refractivity contribution >= 4 is 5.91 Å². The van der Waals surface area contributed by atoms with Crippen molar-refractivity contribution in [3.05, 3.63) is 35.6 Å². The van der Waals surface area contributed by atoms with E-state index in [9.17, 15) is 9.18 Å². The number of rotatable bonds is 4. The Bertz CT molecular complexity index is 466. The maximum Gasteiger partial charge on any atom is 0.243 e. The summed E-state index contributed by atoms with van der Waals surface area (Å²) < 4.78 is 13.0. The molecule has 0 aliphatic carbocycles. The Balaban J connectivity index is 2.15. The van der Waals surface area contributed by atoms with Crippen LogP contribution in [-0.2, 0) is 4.79 Å². The van der Waals surface area contributed by atoms with Gasteiger partial charge in [0.1, 0.15) is 5.82 Å². The van der Waals surface area contributed by atoms with Gasteiger partial charge in [-0.15, -0.1) is 0 Å². The first-order valence-corrected chi connectivity index (χ1v) is 7.28. The minimum atomic E-state index is -0.414. The summed E-state index contributed by atoms with van der Waals surface area (Å²) in [6.07, 6.45) is 2.73. The number of nitrogens with one attached hydrogen (secondary N) is 1. The molecule has 1 aromatic rings. The minimum absolute atomic E-state index is 0.0612. The largest absolute Gasteiger partial charge is 0.337 e. The number of nitrogens with zero attached hydrogens (tertiary/aromatic N) is 1. The number of hydrogen-bond donors (Lipinski definition) is 1. The lowest BCUT2D eigenvalue weighted by Gasteiger charge is -2.35. The summed E-state index contributed by atoms with van der Waals surface area (Å²) in [5, 5.41) is 3.36. The molecule has 1 fully saturated rings. The van der Waals surface area contributed by atoms with Crippen LogP contribution in [0, 0.1) is 5.82 Å². The number of amides is 1. The summed E-state index contributed by atoms with van der Waals surface area (Å²) in [7, 11) is 1.83. The molecule has 0 spiro atoms. The van der Waals surface area contributed by atoms with E-state index in [1.54, 1.807) is 17.0 Å². The van der Waals surface area contributed by atoms with Crippen LogP contribution in [0.3, 0.4) is 0 Å². The zero-order valence-electron chi connectivity index (χ0n) is 12.4. The monoisotopic (exact) mass is 278 g/mol. The second-order valence-corrected chi connectivity index (χ2v) is 5.61. The molecule has 110 valence electrons. The van der Waals surface area contributed by atoms with Crippen LogP contribution in [0.1, 0.15) is 44.7 Å². The first-order valence-electron chi connectivity index (χ1n) is 7.28. The Labute approximate surface area is 120 Å². The van der Waals surface area contributed by atoms with E-state index in [0.29, 0.717) is 0 Å². The summed E-state index contributed by atoms with van der Waals surface area (Å²) in [5.41, 5.74) is 0.537. The fraction of sp³-hybridized carbons (Fsp3) is 0.562. The SMILES string of the molecule is CCC1(C(=O)N(C)C(C)c2ccc(F)cc2)CCCN1. The fourth-order valence-corrected chi connectivity index (χ4v) is 2.92. The third-order valence-corrected chi connectivity index (χ3v) is 4.51. The second-order valence-electron chi connectivity index (χ2n) is 5.61. The first-order chi connectivity index (χ1) is 9.50. The van der Waals surface area contributed by atoms with Gasteiger partial charge >= 0.3 is 0 Å². The predicted molar refractivity (Wildman–Crippen MR) is 77.8 cm³/mol. The molecule has 1 saturated heterocycles. The molecule has 3 nitrogen and oxygen atoms in total. The highest BCUT2D eigenvalue weighted by molar-refractivity contribution is 5.86. The molecule has 0 saturated carbocycles. The summed E-state index contributed by atoms with van der Waals surface area (Å²) in [4.78, 5) is 14.5. The summed E-state index contributed by atoms with van der Waals surface area (Å²) in [5.74, 6) is -0.119. The number of halogens is 1. The van der Waals surface area contributed by atoms with Gasteiger partial charge in [-0.25, -0.2) is 4.39 Å². The van der Waals surface area contributed by atoms with Crippen LogP contribution >= 0.6 is 0 Å². The highest BCUT2D eigenvalue weighted by Crippen LogP contribution is 2.29. The van der Waals surface area contributed by atoms with E-state index in [-0.39, 0.29) is 17.8 Å². The maximum absolute atomic E-state index is 13.0. The van der Waals surface area contributed by atoms with Gasteiger partial charge < -0.3 is 10.2 Å². The van der Waals surface area contributed by atoms with E-state index in [0.717, 1.165) is 31.4 Å². The van der Waals surface area contributed by atoms with Crippen molar-refractivity contribution in [2.24, 2.45) is 0 Å². The van der Waals surface area contributed by atoms with Gasteiger partial charge in [-0.2, -0.15) is 0 Å². The molecule has 1 aromatic carbocycles. The maximum atomic E-state index is 13.0. The standard InChI is InChI=1S/C16H23FN2O/c1-4-16(10-5-11-18-16)15(20)19(3)12(2)13-6-8-14(17)9-7-13/h6-9,12,18H,4-5,10-11H2,1-3H3. The Morgan fingerprint density at radius 1 is 1.45 bits per heavy atom. The second kappa shape index (κ2) is 5.92. The summed E-state index contributed by atoms with van der Waals surface area (Å²) >= 11 is 0. The van der Waals surface area contributed by atoms with Crippen molar-refractivity contribution < 1.29 is 9.18 Å². The van der Waals surface area contributed by atoms with Crippen molar-refractivity contribution in [3.63, 3.8) is 0 Å². The first kappa shape index (κ1) is 15.0. The average Bonchev–Trinajstić information content (AvgIpc) is 2.96. The minimum Gasteiger partial charge on any atom is -0.337 e. The predicted octanol–water partition coefficient (Wildman–Crippen LogP) is 2.88. The lowest BCUT2D eigenvalue weighted by Crippen LogP contribution is -2.53. The van der Waals surface area contributed by atoms with E-state index in [2.05, 4.69) is 5.32 Å². The summed E-state index contributed by atoms with van der Waals surface area (Å²) in [6.45, 7) is 4.93. The van der Waals surface area contributed by atoms with Crippen LogP contribution < -0.4 is 5.32 Å². The Morgan fingerprint density at radius 2 is 2.10 bits per heavy atom. The number of benzene rings is 1. The number of carbonyl (C=O) groups excluding carboxylic acids is 1. The Kier molecular flexibility index (Phi) is 4.43. The lowest BCUT2D eigenvalue weighted by molar-refractivity contribution is -0.138. The average molecular weight is 278 g/mol. The lowest BCUT2D eigenvalue weighted by atomic mass is 9.91. The highest BCUT2D eigenvalue weighted by atomic mass is 19.1. The normalized spacial score (nSPS) is 23.6. The molecule has 0 aromatic heterocycles. The van der Waals surface area contributed by atoms with E-state index in [1.165, 1.54) is 12.1 Å². The van der Waals surface area contributed by atoms with Crippen LogP contribution in [0.5, 0.6) is 0 Å². The highest BCUT2D eigenvalue weighted by Gasteiger charge is 2.41. The molecule has 0 radical (unpaired) electrons. The molecule has 1 aliphatic rings. The molecule has 1 heterocycles. The van der Waals surface area contributed by atoms with Gasteiger partial charge in [0.2, 0.25) is 5.91 Å². The van der Waals surface area contributed by atoms with Gasteiger partial charge in [0.25, 0.3) is 0 Å². The topological polar surface area (TPSA) is 32.3 Å². The quantitative estimate of drug-likeness (QED) is 0.918. The Morgan fingerprint density at radius 3 is 2.60 bits per heavy atom. The van der Waals surface area contributed by atoms with Crippen LogP contribution in [-0.4, -0.2) is 29.9 Å². The van der Waals surface area contributed by atoms with E-state index < -0.39 is 5.54 Å². The van der Waals surface area contributed by atoms with Gasteiger partial charge in [0.05, 0.1) is 11.6 Å². The Hall–Kier alpha value is -1.42. The molecular weight excluding hydrogens is 255 g/mol. The zero-order chi connectivity index (χ0) is 14.8. The van der Waals surface area contributed by atoms with Gasteiger partial charge in [-0.05, 0) is 50.4 Å². The molecule has 4 heteroatoms. The fourth-order valence-electron chi connectivity index (χ4n) is 2.92. The van der Waals surface area contributed by atoms with E-state index in [1.807, 2.05) is 20.9 Å². The zero-order valence-corrected chi connectivity index (χ0v) is 12.4. The smallest absolute Gasteiger partial charge is 0.243 e. The van der Waals surface area contributed by atoms with Crippen LogP contribution in [0.15, 0.2) is 24.3 Å². The van der Waals surface area contributed by atoms with Crippen molar-refractivity contribution in [2.45, 2.75) is 44.7 Å². The number of carbonyl (C=O) groups is 1. The number of hydrogen-bond acceptors (Lipinski definition) is 2. The third-order valence-electron chi connectivity index (χ3n) is 4.51. The molecule has 20 heavy (non-hydrogen) atoms. The molecule has 0 bridgehead atoms. The van der Waals surface area contributed by atoms with Crippen LogP contribution in [0.4, 0.5) is 4.39 Å². The van der Waals surface area contributed by atoms with Crippen LogP contribution in [0.2, 0.25) is 0 Å². The van der Waals surface area contributed by atoms with Gasteiger partial charge in [-0.1, -0.05) is 19.1 Å².